The number of aromatic nitrogens is 5. The first-order chi connectivity index (χ1) is 13.9. The minimum Gasteiger partial charge on any atom is -0.465 e. The van der Waals surface area contributed by atoms with Gasteiger partial charge in [0, 0.05) is 30.7 Å². The summed E-state index contributed by atoms with van der Waals surface area (Å²) in [6, 6.07) is 3.67. The van der Waals surface area contributed by atoms with Crippen molar-refractivity contribution in [3.05, 3.63) is 30.1 Å². The van der Waals surface area contributed by atoms with E-state index in [9.17, 15) is 9.18 Å². The maximum atomic E-state index is 14.5. The molecule has 1 aliphatic heterocycles. The van der Waals surface area contributed by atoms with Crippen LogP contribution in [0.5, 0.6) is 0 Å². The second-order valence-electron chi connectivity index (χ2n) is 7.45. The average molecular weight is 414 g/mol. The molecule has 10 heteroatoms. The minimum absolute atomic E-state index is 0.128. The Hall–Kier alpha value is -3.01. The molecule has 5 rings (SSSR count). The lowest BCUT2D eigenvalue weighted by molar-refractivity contribution is 0.0757. The predicted molar refractivity (Wildman–Crippen MR) is 108 cm³/mol. The summed E-state index contributed by atoms with van der Waals surface area (Å²) in [5, 5.41) is 20.0. The van der Waals surface area contributed by atoms with Gasteiger partial charge in [0.1, 0.15) is 16.7 Å². The van der Waals surface area contributed by atoms with Crippen molar-refractivity contribution >= 4 is 38.7 Å². The number of rotatable bonds is 2. The zero-order chi connectivity index (χ0) is 20.3. The Morgan fingerprint density at radius 1 is 1.31 bits per heavy atom. The number of piperidine rings is 1. The molecule has 1 fully saturated rings. The first kappa shape index (κ1) is 18.0. The summed E-state index contributed by atoms with van der Waals surface area (Å²) in [4.78, 5) is 17.6. The van der Waals surface area contributed by atoms with E-state index in [0.29, 0.717) is 13.0 Å². The van der Waals surface area contributed by atoms with E-state index in [0.717, 1.165) is 42.3 Å². The molecule has 0 bridgehead atoms. The van der Waals surface area contributed by atoms with E-state index in [2.05, 4.69) is 22.3 Å². The molecule has 1 amide bonds. The Bertz CT molecular complexity index is 1210. The van der Waals surface area contributed by atoms with Gasteiger partial charge in [-0.1, -0.05) is 11.3 Å². The third-order valence-corrected chi connectivity index (χ3v) is 6.38. The van der Waals surface area contributed by atoms with Crippen LogP contribution in [-0.2, 0) is 7.05 Å². The van der Waals surface area contributed by atoms with Crippen LogP contribution in [-0.4, -0.2) is 59.9 Å². The first-order valence-electron chi connectivity index (χ1n) is 9.31. The van der Waals surface area contributed by atoms with Crippen LogP contribution in [0.2, 0.25) is 0 Å². The van der Waals surface area contributed by atoms with Gasteiger partial charge in [-0.3, -0.25) is 9.36 Å². The summed E-state index contributed by atoms with van der Waals surface area (Å²) < 4.78 is 17.9. The van der Waals surface area contributed by atoms with E-state index in [-0.39, 0.29) is 6.54 Å². The van der Waals surface area contributed by atoms with Crippen LogP contribution in [0.15, 0.2) is 24.5 Å². The van der Waals surface area contributed by atoms with Gasteiger partial charge >= 0.3 is 6.09 Å². The molecular weight excluding hydrogens is 395 g/mol. The monoisotopic (exact) mass is 414 g/mol. The molecule has 2 atom stereocenters. The van der Waals surface area contributed by atoms with Gasteiger partial charge in [0.2, 0.25) is 0 Å². The van der Waals surface area contributed by atoms with Gasteiger partial charge < -0.3 is 10.0 Å². The molecule has 0 saturated carbocycles. The number of likely N-dealkylation sites (tertiary alicyclic amines) is 1. The number of thiazole rings is 1. The number of carbonyl (C=O) groups is 1. The van der Waals surface area contributed by atoms with E-state index in [1.165, 1.54) is 11.3 Å². The SMILES string of the molecule is Cc1cc(-c2nc3cn([C@@H]4CCN(C(=O)O)C[C@H]4F)nc3s2)cc2cn(C)nc12. The van der Waals surface area contributed by atoms with Crippen LogP contribution in [0.3, 0.4) is 0 Å². The Morgan fingerprint density at radius 2 is 2.14 bits per heavy atom. The molecule has 1 N–H and O–H groups in total. The van der Waals surface area contributed by atoms with Crippen LogP contribution in [0.25, 0.3) is 31.8 Å². The fourth-order valence-corrected chi connectivity index (χ4v) is 4.85. The Labute approximate surface area is 169 Å². The third kappa shape index (κ3) is 3.03. The fraction of sp³-hybridized carbons (Fsp3) is 0.368. The molecule has 1 saturated heterocycles. The van der Waals surface area contributed by atoms with Crippen LogP contribution in [0.1, 0.15) is 18.0 Å². The van der Waals surface area contributed by atoms with Crippen molar-refractivity contribution in [2.75, 3.05) is 13.1 Å². The number of hydrogen-bond donors (Lipinski definition) is 1. The average Bonchev–Trinajstić information content (AvgIpc) is 3.33. The van der Waals surface area contributed by atoms with Crippen LogP contribution in [0, 0.1) is 6.92 Å². The van der Waals surface area contributed by atoms with Crippen molar-refractivity contribution in [3.8, 4) is 10.6 Å². The molecule has 1 aromatic carbocycles. The van der Waals surface area contributed by atoms with E-state index < -0.39 is 18.3 Å². The summed E-state index contributed by atoms with van der Waals surface area (Å²) in [6.45, 7) is 2.21. The van der Waals surface area contributed by atoms with Crippen LogP contribution < -0.4 is 0 Å². The van der Waals surface area contributed by atoms with Gasteiger partial charge in [-0.2, -0.15) is 10.2 Å². The molecule has 8 nitrogen and oxygen atoms in total. The molecule has 0 aliphatic carbocycles. The second kappa shape index (κ2) is 6.51. The van der Waals surface area contributed by atoms with Crippen LogP contribution in [0.4, 0.5) is 9.18 Å². The maximum absolute atomic E-state index is 14.5. The van der Waals surface area contributed by atoms with Crippen LogP contribution >= 0.6 is 11.3 Å². The number of amides is 1. The highest BCUT2D eigenvalue weighted by Crippen LogP contribution is 2.34. The number of carboxylic acid groups (broad SMARTS) is 1. The highest BCUT2D eigenvalue weighted by atomic mass is 32.1. The van der Waals surface area contributed by atoms with E-state index in [1.54, 1.807) is 15.6 Å². The van der Waals surface area contributed by atoms with Crippen molar-refractivity contribution in [3.63, 3.8) is 0 Å². The fourth-order valence-electron chi connectivity index (χ4n) is 3.95. The van der Waals surface area contributed by atoms with E-state index in [1.807, 2.05) is 20.2 Å². The number of benzene rings is 1. The van der Waals surface area contributed by atoms with Crippen molar-refractivity contribution in [2.45, 2.75) is 25.6 Å². The Balaban J connectivity index is 1.45. The summed E-state index contributed by atoms with van der Waals surface area (Å²) >= 11 is 1.47. The minimum atomic E-state index is -1.29. The number of alkyl halides is 1. The largest absolute Gasteiger partial charge is 0.465 e. The molecule has 3 aromatic heterocycles. The first-order valence-corrected chi connectivity index (χ1v) is 10.1. The van der Waals surface area contributed by atoms with Gasteiger partial charge in [-0.15, -0.1) is 0 Å². The van der Waals surface area contributed by atoms with Gasteiger partial charge in [0.05, 0.1) is 24.3 Å². The molecule has 1 aliphatic rings. The molecule has 0 unspecified atom stereocenters. The van der Waals surface area contributed by atoms with Gasteiger partial charge in [0.25, 0.3) is 0 Å². The smallest absolute Gasteiger partial charge is 0.407 e. The summed E-state index contributed by atoms with van der Waals surface area (Å²) in [6.07, 6.45) is 1.77. The van der Waals surface area contributed by atoms with Crippen molar-refractivity contribution in [1.82, 2.24) is 29.4 Å². The highest BCUT2D eigenvalue weighted by molar-refractivity contribution is 7.21. The summed E-state index contributed by atoms with van der Waals surface area (Å²) in [7, 11) is 1.90. The van der Waals surface area contributed by atoms with E-state index in [4.69, 9.17) is 10.1 Å². The zero-order valence-corrected chi connectivity index (χ0v) is 16.7. The maximum Gasteiger partial charge on any atom is 0.407 e. The molecule has 29 heavy (non-hydrogen) atoms. The number of halogens is 1. The molecule has 150 valence electrons. The van der Waals surface area contributed by atoms with E-state index >= 15 is 0 Å². The number of fused-ring (bicyclic) bond motifs is 2. The molecule has 0 radical (unpaired) electrons. The van der Waals surface area contributed by atoms with Gasteiger partial charge in [-0.25, -0.2) is 14.2 Å². The van der Waals surface area contributed by atoms with Gasteiger partial charge in [-0.05, 0) is 31.0 Å². The summed E-state index contributed by atoms with van der Waals surface area (Å²) in [5.74, 6) is 0. The van der Waals surface area contributed by atoms with Crippen molar-refractivity contribution < 1.29 is 14.3 Å². The lowest BCUT2D eigenvalue weighted by atomic mass is 10.0. The lowest BCUT2D eigenvalue weighted by Crippen LogP contribution is -2.45. The van der Waals surface area contributed by atoms with Crippen molar-refractivity contribution in [1.29, 1.82) is 0 Å². The topological polar surface area (TPSA) is 89.1 Å². The quantitative estimate of drug-likeness (QED) is 0.541. The number of nitrogens with zero attached hydrogens (tertiary/aromatic N) is 6. The second-order valence-corrected chi connectivity index (χ2v) is 8.43. The Morgan fingerprint density at radius 3 is 2.86 bits per heavy atom. The Kier molecular flexibility index (Phi) is 4.05. The molecule has 4 aromatic rings. The lowest BCUT2D eigenvalue weighted by Gasteiger charge is -2.32. The van der Waals surface area contributed by atoms with Gasteiger partial charge in [0.15, 0.2) is 4.83 Å². The molecule has 4 heterocycles. The standard InChI is InChI=1S/C19H19FN6O2S/c1-10-5-11(6-12-7-24(2)22-16(10)12)17-21-14-9-26(23-18(14)29-17)15-3-4-25(19(27)28)8-13(15)20/h5-7,9,13,15H,3-4,8H2,1-2H3,(H,27,28)/t13-,15-/m1/s1. The number of aryl methyl sites for hydroxylation is 2. The predicted octanol–water partition coefficient (Wildman–Crippen LogP) is 3.62. The molecule has 0 spiro atoms. The zero-order valence-electron chi connectivity index (χ0n) is 15.9. The number of hydrogen-bond acceptors (Lipinski definition) is 5. The highest BCUT2D eigenvalue weighted by Gasteiger charge is 2.33. The summed E-state index contributed by atoms with van der Waals surface area (Å²) in [5.41, 5.74) is 3.79. The third-order valence-electron chi connectivity index (χ3n) is 5.37. The molecular formula is C19H19FN6O2S. The van der Waals surface area contributed by atoms with Crippen molar-refractivity contribution in [2.24, 2.45) is 7.05 Å². The normalized spacial score (nSPS) is 20.0.